The first-order valence-corrected chi connectivity index (χ1v) is 22.2. The zero-order valence-electron chi connectivity index (χ0n) is 33.0. The maximum Gasteiger partial charge on any atom is 0.0502 e. The van der Waals surface area contributed by atoms with E-state index in [-0.39, 0.29) is 10.8 Å². The molecule has 0 amide bonds. The van der Waals surface area contributed by atoms with Gasteiger partial charge in [-0.25, -0.2) is 0 Å². The van der Waals surface area contributed by atoms with Crippen molar-refractivity contribution < 1.29 is 4.21 Å². The van der Waals surface area contributed by atoms with E-state index < -0.39 is 9.07 Å². The zero-order valence-corrected chi connectivity index (χ0v) is 33.8. The summed E-state index contributed by atoms with van der Waals surface area (Å²) in [6, 6.07) is 65.4. The van der Waals surface area contributed by atoms with Crippen molar-refractivity contribution in [3.05, 3.63) is 204 Å². The summed E-state index contributed by atoms with van der Waals surface area (Å²) >= 11 is 0. The Morgan fingerprint density at radius 1 is 0.345 bits per heavy atom. The minimum absolute atomic E-state index is 0.177. The lowest BCUT2D eigenvalue weighted by molar-refractivity contribution is 0.631. The molecule has 4 aliphatic rings. The number of hydrogen-bond donors (Lipinski definition) is 0. The minimum atomic E-state index is -4.08. The SMILES string of the molecule is CC1(C)c2ccccc2N(c2ccc3c(c2)-c2cc(N4c5ccccc5C(C)(C)c5ccccc54)ccc2S32(=O)c3ccccc3-c3ccccc32)c2ccccc21. The molecular weight excluding hydrogens is 725 g/mol. The molecule has 280 valence electrons. The third-order valence-corrected chi connectivity index (χ3v) is 18.5. The van der Waals surface area contributed by atoms with Gasteiger partial charge in [0.2, 0.25) is 0 Å². The van der Waals surface area contributed by atoms with Crippen LogP contribution in [-0.2, 0) is 19.9 Å². The third kappa shape index (κ3) is 3.87. The fourth-order valence-electron chi connectivity index (χ4n) is 11.1. The number of rotatable bonds is 2. The molecule has 0 bridgehead atoms. The number of fused-ring (bicyclic) bond motifs is 14. The van der Waals surface area contributed by atoms with E-state index in [1.807, 2.05) is 0 Å². The molecule has 0 unspecified atom stereocenters. The topological polar surface area (TPSA) is 23.6 Å². The molecule has 58 heavy (non-hydrogen) atoms. The molecule has 0 N–H and O–H groups in total. The van der Waals surface area contributed by atoms with Gasteiger partial charge in [-0.1, -0.05) is 137 Å². The van der Waals surface area contributed by atoms with Crippen LogP contribution in [0.1, 0.15) is 49.9 Å². The van der Waals surface area contributed by atoms with Crippen LogP contribution in [0.5, 0.6) is 0 Å². The van der Waals surface area contributed by atoms with E-state index in [0.717, 1.165) is 53.2 Å². The smallest absolute Gasteiger partial charge is 0.0502 e. The Morgan fingerprint density at radius 2 is 0.638 bits per heavy atom. The number of hydrogen-bond acceptors (Lipinski definition) is 3. The van der Waals surface area contributed by atoms with Crippen molar-refractivity contribution in [2.45, 2.75) is 58.1 Å². The Kier molecular flexibility index (Phi) is 6.45. The normalized spacial score (nSPS) is 18.0. The lowest BCUT2D eigenvalue weighted by Crippen LogP contribution is -2.31. The molecule has 8 aromatic rings. The highest BCUT2D eigenvalue weighted by atomic mass is 32.3. The van der Waals surface area contributed by atoms with E-state index in [9.17, 15) is 0 Å². The quantitative estimate of drug-likeness (QED) is 0.175. The van der Waals surface area contributed by atoms with Crippen LogP contribution in [0.3, 0.4) is 0 Å². The maximum atomic E-state index is 17.6. The molecule has 0 fully saturated rings. The Balaban J connectivity index is 1.17. The van der Waals surface area contributed by atoms with Crippen molar-refractivity contribution in [2.75, 3.05) is 9.80 Å². The average molecular weight is 767 g/mol. The van der Waals surface area contributed by atoms with Crippen molar-refractivity contribution in [1.29, 1.82) is 0 Å². The first-order valence-electron chi connectivity index (χ1n) is 20.3. The van der Waals surface area contributed by atoms with Gasteiger partial charge in [0, 0.05) is 62.0 Å². The number of anilines is 6. The Labute approximate surface area is 340 Å². The van der Waals surface area contributed by atoms with Gasteiger partial charge >= 0.3 is 0 Å². The summed E-state index contributed by atoms with van der Waals surface area (Å²) in [5.74, 6) is 0. The summed E-state index contributed by atoms with van der Waals surface area (Å²) in [7, 11) is -4.08. The standard InChI is InChI=1S/C54H42N2OS/c1-53(2)41-19-7-11-23-45(41)55(46-24-12-8-20-42(46)53)35-29-31-51-39(33-35)40-34-36(56-47-25-13-9-21-43(47)54(3,4)44-22-10-14-26-48(44)56)30-32-52(40)58(51,57)49-27-15-5-17-37(49)38-18-6-16-28-50(38)58/h5-34H,1-4H3. The van der Waals surface area contributed by atoms with Crippen LogP contribution in [0.15, 0.2) is 202 Å². The summed E-state index contributed by atoms with van der Waals surface area (Å²) in [5, 5.41) is 0. The average Bonchev–Trinajstić information content (AvgIpc) is 3.64. The van der Waals surface area contributed by atoms with Crippen molar-refractivity contribution >= 4 is 43.2 Å². The predicted molar refractivity (Wildman–Crippen MR) is 239 cm³/mol. The van der Waals surface area contributed by atoms with Crippen LogP contribution in [0.2, 0.25) is 0 Å². The number of nitrogens with zero attached hydrogens (tertiary/aromatic N) is 2. The van der Waals surface area contributed by atoms with Crippen LogP contribution in [0.25, 0.3) is 22.3 Å². The van der Waals surface area contributed by atoms with Gasteiger partial charge in [0.25, 0.3) is 0 Å². The van der Waals surface area contributed by atoms with Gasteiger partial charge in [-0.3, -0.25) is 4.21 Å². The maximum absolute atomic E-state index is 17.6. The summed E-state index contributed by atoms with van der Waals surface area (Å²) in [5.41, 5.74) is 15.6. The Morgan fingerprint density at radius 3 is 1.00 bits per heavy atom. The molecule has 4 heterocycles. The molecule has 4 aliphatic heterocycles. The van der Waals surface area contributed by atoms with Crippen LogP contribution >= 0.6 is 0 Å². The van der Waals surface area contributed by atoms with E-state index in [1.54, 1.807) is 0 Å². The zero-order chi connectivity index (χ0) is 39.2. The summed E-state index contributed by atoms with van der Waals surface area (Å²) in [6.07, 6.45) is 0. The second-order valence-corrected chi connectivity index (χ2v) is 20.9. The fourth-order valence-corrected chi connectivity index (χ4v) is 16.2. The van der Waals surface area contributed by atoms with E-state index in [0.29, 0.717) is 0 Å². The third-order valence-electron chi connectivity index (χ3n) is 13.7. The van der Waals surface area contributed by atoms with E-state index in [4.69, 9.17) is 0 Å². The predicted octanol–water partition coefficient (Wildman–Crippen LogP) is 14.2. The van der Waals surface area contributed by atoms with Crippen LogP contribution in [0.4, 0.5) is 34.1 Å². The van der Waals surface area contributed by atoms with Crippen LogP contribution in [0, 0.1) is 0 Å². The molecule has 0 aliphatic carbocycles. The van der Waals surface area contributed by atoms with Crippen molar-refractivity contribution in [3.8, 4) is 22.3 Å². The Hall–Kier alpha value is -6.49. The van der Waals surface area contributed by atoms with Gasteiger partial charge in [-0.15, -0.1) is 0 Å². The molecule has 0 saturated carbocycles. The molecule has 8 aromatic carbocycles. The molecule has 4 heteroatoms. The molecule has 0 atom stereocenters. The molecular formula is C54H42N2OS. The first-order chi connectivity index (χ1) is 28.1. The lowest BCUT2D eigenvalue weighted by Gasteiger charge is -2.42. The summed E-state index contributed by atoms with van der Waals surface area (Å²) in [4.78, 5) is 8.38. The minimum Gasteiger partial charge on any atom is -0.310 e. The van der Waals surface area contributed by atoms with Gasteiger partial charge < -0.3 is 9.80 Å². The van der Waals surface area contributed by atoms with Crippen molar-refractivity contribution in [3.63, 3.8) is 0 Å². The van der Waals surface area contributed by atoms with Crippen molar-refractivity contribution in [1.82, 2.24) is 0 Å². The Bertz CT molecular complexity index is 2860. The van der Waals surface area contributed by atoms with E-state index in [2.05, 4.69) is 219 Å². The van der Waals surface area contributed by atoms with Gasteiger partial charge in [-0.2, -0.15) is 0 Å². The molecule has 1 spiro atoms. The molecule has 3 nitrogen and oxygen atoms in total. The largest absolute Gasteiger partial charge is 0.310 e. The van der Waals surface area contributed by atoms with Gasteiger partial charge in [0.15, 0.2) is 0 Å². The summed E-state index contributed by atoms with van der Waals surface area (Å²) < 4.78 is 17.6. The first kappa shape index (κ1) is 33.6. The monoisotopic (exact) mass is 766 g/mol. The fraction of sp³-hybridized carbons (Fsp3) is 0.111. The van der Waals surface area contributed by atoms with Crippen molar-refractivity contribution in [2.24, 2.45) is 0 Å². The van der Waals surface area contributed by atoms with Crippen LogP contribution < -0.4 is 9.80 Å². The second kappa shape index (κ2) is 11.1. The number of benzene rings is 8. The highest BCUT2D eigenvalue weighted by Crippen LogP contribution is 2.72. The highest BCUT2D eigenvalue weighted by molar-refractivity contribution is 8.21. The molecule has 0 aromatic heterocycles. The second-order valence-electron chi connectivity index (χ2n) is 17.3. The highest BCUT2D eigenvalue weighted by Gasteiger charge is 2.57. The van der Waals surface area contributed by atoms with E-state index >= 15 is 4.21 Å². The molecule has 0 saturated heterocycles. The summed E-state index contributed by atoms with van der Waals surface area (Å²) in [6.45, 7) is 9.30. The van der Waals surface area contributed by atoms with E-state index in [1.165, 1.54) is 45.0 Å². The van der Waals surface area contributed by atoms with Crippen LogP contribution in [-0.4, -0.2) is 4.21 Å². The van der Waals surface area contributed by atoms with Gasteiger partial charge in [0.05, 0.1) is 22.7 Å². The molecule has 12 rings (SSSR count). The number of para-hydroxylation sites is 4. The lowest BCUT2D eigenvalue weighted by atomic mass is 9.73. The van der Waals surface area contributed by atoms with Gasteiger partial charge in [0.1, 0.15) is 0 Å². The van der Waals surface area contributed by atoms with Gasteiger partial charge in [-0.05, 0) is 106 Å². The molecule has 0 radical (unpaired) electrons.